The molecule has 0 aromatic rings. The summed E-state index contributed by atoms with van der Waals surface area (Å²) in [5, 5.41) is 19.7. The van der Waals surface area contributed by atoms with Crippen LogP contribution in [0.25, 0.3) is 0 Å². The lowest BCUT2D eigenvalue weighted by Crippen LogP contribution is -2.45. The zero-order valence-corrected chi connectivity index (χ0v) is 6.65. The van der Waals surface area contributed by atoms with Crippen LogP contribution in [-0.2, 0) is 9.59 Å². The molecule has 1 amide bonds. The molecule has 5 nitrogen and oxygen atoms in total. The van der Waals surface area contributed by atoms with E-state index in [0.29, 0.717) is 0 Å². The van der Waals surface area contributed by atoms with E-state index in [1.807, 2.05) is 5.32 Å². The quantitative estimate of drug-likeness (QED) is 0.372. The number of carbonyl (C=O) groups excluding carboxylic acids is 1. The summed E-state index contributed by atoms with van der Waals surface area (Å²) in [6, 6.07) is -1.32. The SMILES string of the molecule is C=C(C)C(O)C(NC=O)C(=O)O. The van der Waals surface area contributed by atoms with Gasteiger partial charge in [-0.15, -0.1) is 0 Å². The Hall–Kier alpha value is -1.36. The molecule has 0 aromatic carbocycles. The number of hydrogen-bond donors (Lipinski definition) is 3. The summed E-state index contributed by atoms with van der Waals surface area (Å²) in [5.74, 6) is -1.29. The second kappa shape index (κ2) is 4.50. The van der Waals surface area contributed by atoms with Crippen molar-refractivity contribution < 1.29 is 19.8 Å². The van der Waals surface area contributed by atoms with E-state index in [2.05, 4.69) is 6.58 Å². The molecule has 0 aliphatic carbocycles. The fraction of sp³-hybridized carbons (Fsp3) is 0.429. The number of aliphatic hydroxyl groups excluding tert-OH is 1. The van der Waals surface area contributed by atoms with Crippen LogP contribution < -0.4 is 5.32 Å². The van der Waals surface area contributed by atoms with Crippen molar-refractivity contribution in [2.45, 2.75) is 19.1 Å². The first-order valence-electron chi connectivity index (χ1n) is 3.26. The fourth-order valence-corrected chi connectivity index (χ4v) is 0.655. The number of carbonyl (C=O) groups is 2. The highest BCUT2D eigenvalue weighted by Crippen LogP contribution is 2.03. The Bertz CT molecular complexity index is 202. The monoisotopic (exact) mass is 173 g/mol. The molecule has 0 bridgehead atoms. The zero-order chi connectivity index (χ0) is 9.72. The minimum absolute atomic E-state index is 0.227. The van der Waals surface area contributed by atoms with Gasteiger partial charge in [0.05, 0.1) is 0 Å². The molecule has 0 heterocycles. The minimum atomic E-state index is -1.32. The van der Waals surface area contributed by atoms with E-state index in [1.165, 1.54) is 6.92 Å². The van der Waals surface area contributed by atoms with E-state index < -0.39 is 18.1 Å². The standard InChI is InChI=1S/C7H11NO4/c1-4(2)6(10)5(7(11)12)8-3-9/h3,5-6,10H,1H2,2H3,(H,8,9)(H,11,12). The van der Waals surface area contributed by atoms with E-state index in [4.69, 9.17) is 5.11 Å². The smallest absolute Gasteiger partial charge is 0.329 e. The van der Waals surface area contributed by atoms with Gasteiger partial charge in [0.1, 0.15) is 6.10 Å². The van der Waals surface area contributed by atoms with Gasteiger partial charge in [-0.3, -0.25) is 4.79 Å². The van der Waals surface area contributed by atoms with Crippen LogP contribution in [0.2, 0.25) is 0 Å². The van der Waals surface area contributed by atoms with Crippen molar-refractivity contribution in [2.24, 2.45) is 0 Å². The summed E-state index contributed by atoms with van der Waals surface area (Å²) in [5.41, 5.74) is 0.289. The number of nitrogens with one attached hydrogen (secondary N) is 1. The molecule has 68 valence electrons. The van der Waals surface area contributed by atoms with Crippen LogP contribution >= 0.6 is 0 Å². The summed E-state index contributed by atoms with van der Waals surface area (Å²) >= 11 is 0. The van der Waals surface area contributed by atoms with Crippen molar-refractivity contribution in [3.05, 3.63) is 12.2 Å². The van der Waals surface area contributed by atoms with Crippen LogP contribution in [0, 0.1) is 0 Å². The average molecular weight is 173 g/mol. The van der Waals surface area contributed by atoms with Gasteiger partial charge in [0.15, 0.2) is 6.04 Å². The summed E-state index contributed by atoms with van der Waals surface area (Å²) < 4.78 is 0. The van der Waals surface area contributed by atoms with Crippen LogP contribution in [0.5, 0.6) is 0 Å². The number of carboxylic acid groups (broad SMARTS) is 1. The molecule has 0 fully saturated rings. The highest BCUT2D eigenvalue weighted by Gasteiger charge is 2.25. The number of rotatable bonds is 5. The molecule has 0 spiro atoms. The van der Waals surface area contributed by atoms with Gasteiger partial charge in [0, 0.05) is 0 Å². The molecule has 2 unspecified atom stereocenters. The van der Waals surface area contributed by atoms with Crippen LogP contribution in [-0.4, -0.2) is 34.7 Å². The van der Waals surface area contributed by atoms with E-state index in [1.54, 1.807) is 0 Å². The van der Waals surface area contributed by atoms with Gasteiger partial charge in [0.2, 0.25) is 6.41 Å². The Kier molecular flexibility index (Phi) is 3.99. The van der Waals surface area contributed by atoms with Crippen LogP contribution in [0.1, 0.15) is 6.92 Å². The van der Waals surface area contributed by atoms with Crippen LogP contribution in [0.15, 0.2) is 12.2 Å². The van der Waals surface area contributed by atoms with E-state index in [9.17, 15) is 14.7 Å². The molecule has 2 atom stereocenters. The van der Waals surface area contributed by atoms with Crippen molar-refractivity contribution in [2.75, 3.05) is 0 Å². The molecule has 3 N–H and O–H groups in total. The first-order valence-corrected chi connectivity index (χ1v) is 3.26. The summed E-state index contributed by atoms with van der Waals surface area (Å²) in [6.45, 7) is 4.85. The number of amides is 1. The van der Waals surface area contributed by atoms with E-state index >= 15 is 0 Å². The lowest BCUT2D eigenvalue weighted by molar-refractivity contribution is -0.143. The summed E-state index contributed by atoms with van der Waals surface area (Å²) in [4.78, 5) is 20.3. The Morgan fingerprint density at radius 1 is 1.67 bits per heavy atom. The maximum absolute atomic E-state index is 10.4. The van der Waals surface area contributed by atoms with Gasteiger partial charge in [-0.1, -0.05) is 6.58 Å². The van der Waals surface area contributed by atoms with Gasteiger partial charge < -0.3 is 15.5 Å². The van der Waals surface area contributed by atoms with Gasteiger partial charge in [-0.25, -0.2) is 4.79 Å². The van der Waals surface area contributed by atoms with E-state index in [0.717, 1.165) is 0 Å². The van der Waals surface area contributed by atoms with Crippen molar-refractivity contribution in [3.63, 3.8) is 0 Å². The van der Waals surface area contributed by atoms with Crippen molar-refractivity contribution >= 4 is 12.4 Å². The second-order valence-corrected chi connectivity index (χ2v) is 2.39. The van der Waals surface area contributed by atoms with Crippen molar-refractivity contribution in [1.29, 1.82) is 0 Å². The highest BCUT2D eigenvalue weighted by atomic mass is 16.4. The number of carboxylic acids is 1. The molecule has 0 rings (SSSR count). The molecule has 5 heteroatoms. The lowest BCUT2D eigenvalue weighted by atomic mass is 10.1. The summed E-state index contributed by atoms with van der Waals surface area (Å²) in [6.07, 6.45) is -1.03. The molecule has 0 aromatic heterocycles. The van der Waals surface area contributed by atoms with Gasteiger partial charge in [0.25, 0.3) is 0 Å². The number of aliphatic carboxylic acids is 1. The third-order valence-electron chi connectivity index (χ3n) is 1.33. The lowest BCUT2D eigenvalue weighted by Gasteiger charge is -2.17. The first-order chi connectivity index (χ1) is 5.50. The number of aliphatic hydroxyl groups is 1. The Morgan fingerprint density at radius 3 is 2.42 bits per heavy atom. The predicted molar refractivity (Wildman–Crippen MR) is 41.4 cm³/mol. The third kappa shape index (κ3) is 2.71. The first kappa shape index (κ1) is 10.6. The molecule has 0 radical (unpaired) electrons. The Balaban J connectivity index is 4.38. The van der Waals surface area contributed by atoms with Crippen LogP contribution in [0.4, 0.5) is 0 Å². The Labute approximate surface area is 69.7 Å². The molecule has 0 aliphatic heterocycles. The molecule has 12 heavy (non-hydrogen) atoms. The molecular weight excluding hydrogens is 162 g/mol. The molecular formula is C7H11NO4. The van der Waals surface area contributed by atoms with Crippen LogP contribution in [0.3, 0.4) is 0 Å². The second-order valence-electron chi connectivity index (χ2n) is 2.39. The topological polar surface area (TPSA) is 86.6 Å². The predicted octanol–water partition coefficient (Wildman–Crippen LogP) is -0.877. The van der Waals surface area contributed by atoms with Crippen molar-refractivity contribution in [1.82, 2.24) is 5.32 Å². The molecule has 0 saturated heterocycles. The van der Waals surface area contributed by atoms with E-state index in [-0.39, 0.29) is 12.0 Å². The van der Waals surface area contributed by atoms with Crippen molar-refractivity contribution in [3.8, 4) is 0 Å². The van der Waals surface area contributed by atoms with Gasteiger partial charge in [-0.05, 0) is 12.5 Å². The maximum atomic E-state index is 10.4. The normalized spacial score (nSPS) is 14.5. The third-order valence-corrected chi connectivity index (χ3v) is 1.33. The molecule has 0 saturated carbocycles. The van der Waals surface area contributed by atoms with Gasteiger partial charge in [-0.2, -0.15) is 0 Å². The largest absolute Gasteiger partial charge is 0.480 e. The fourth-order valence-electron chi connectivity index (χ4n) is 0.655. The zero-order valence-electron chi connectivity index (χ0n) is 6.65. The Morgan fingerprint density at radius 2 is 2.17 bits per heavy atom. The van der Waals surface area contributed by atoms with Gasteiger partial charge >= 0.3 is 5.97 Å². The maximum Gasteiger partial charge on any atom is 0.329 e. The highest BCUT2D eigenvalue weighted by molar-refractivity contribution is 5.77. The average Bonchev–Trinajstić information content (AvgIpc) is 1.98. The molecule has 0 aliphatic rings. The summed E-state index contributed by atoms with van der Waals surface area (Å²) in [7, 11) is 0. The minimum Gasteiger partial charge on any atom is -0.480 e. The number of hydrogen-bond acceptors (Lipinski definition) is 3.